The summed E-state index contributed by atoms with van der Waals surface area (Å²) < 4.78 is 5.02. The van der Waals surface area contributed by atoms with Crippen LogP contribution in [0.3, 0.4) is 0 Å². The standard InChI is InChI=1S/C8H14N2O/c1-3-9-7-10-8(4-5-8)6-11-2/h3-6H2,1-2H3. The van der Waals surface area contributed by atoms with Crippen LogP contribution in [0.15, 0.2) is 9.98 Å². The zero-order chi connectivity index (χ0) is 8.16. The van der Waals surface area contributed by atoms with Gasteiger partial charge >= 0.3 is 0 Å². The van der Waals surface area contributed by atoms with E-state index in [4.69, 9.17) is 4.74 Å². The lowest BCUT2D eigenvalue weighted by Crippen LogP contribution is -2.12. The molecule has 0 amide bonds. The van der Waals surface area contributed by atoms with Gasteiger partial charge in [-0.2, -0.15) is 0 Å². The highest BCUT2D eigenvalue weighted by Gasteiger charge is 2.42. The van der Waals surface area contributed by atoms with Gasteiger partial charge in [-0.05, 0) is 19.8 Å². The Bertz CT molecular complexity index is 179. The van der Waals surface area contributed by atoms with Crippen LogP contribution in [0.2, 0.25) is 0 Å². The van der Waals surface area contributed by atoms with Crippen molar-refractivity contribution >= 4 is 6.01 Å². The van der Waals surface area contributed by atoms with Crippen LogP contribution in [-0.2, 0) is 4.74 Å². The van der Waals surface area contributed by atoms with Crippen molar-refractivity contribution in [3.63, 3.8) is 0 Å². The predicted octanol–water partition coefficient (Wildman–Crippen LogP) is 1.36. The average Bonchev–Trinajstić information content (AvgIpc) is 2.71. The topological polar surface area (TPSA) is 34.0 Å². The molecule has 0 aromatic heterocycles. The summed E-state index contributed by atoms with van der Waals surface area (Å²) in [5.41, 5.74) is 0.0490. The van der Waals surface area contributed by atoms with Gasteiger partial charge in [0.2, 0.25) is 0 Å². The Balaban J connectivity index is 2.40. The van der Waals surface area contributed by atoms with Crippen molar-refractivity contribution in [2.75, 3.05) is 20.3 Å². The minimum absolute atomic E-state index is 0.0490. The first kappa shape index (κ1) is 8.44. The first-order valence-electron chi connectivity index (χ1n) is 3.95. The van der Waals surface area contributed by atoms with Crippen LogP contribution < -0.4 is 0 Å². The van der Waals surface area contributed by atoms with Gasteiger partial charge in [0.25, 0.3) is 0 Å². The molecule has 3 heteroatoms. The lowest BCUT2D eigenvalue weighted by Gasteiger charge is -2.03. The van der Waals surface area contributed by atoms with Crippen LogP contribution in [0, 0.1) is 0 Å². The maximum absolute atomic E-state index is 5.02. The van der Waals surface area contributed by atoms with Crippen LogP contribution in [0.5, 0.6) is 0 Å². The van der Waals surface area contributed by atoms with E-state index in [1.807, 2.05) is 6.92 Å². The van der Waals surface area contributed by atoms with E-state index in [9.17, 15) is 0 Å². The van der Waals surface area contributed by atoms with E-state index in [2.05, 4.69) is 16.0 Å². The van der Waals surface area contributed by atoms with E-state index in [-0.39, 0.29) is 5.54 Å². The first-order chi connectivity index (χ1) is 5.33. The summed E-state index contributed by atoms with van der Waals surface area (Å²) in [6.07, 6.45) is 2.24. The average molecular weight is 154 g/mol. The summed E-state index contributed by atoms with van der Waals surface area (Å²) in [6, 6.07) is 2.69. The van der Waals surface area contributed by atoms with Crippen LogP contribution in [-0.4, -0.2) is 31.8 Å². The van der Waals surface area contributed by atoms with Gasteiger partial charge in [0, 0.05) is 13.7 Å². The molecule has 1 aliphatic carbocycles. The summed E-state index contributed by atoms with van der Waals surface area (Å²) in [5.74, 6) is 0. The molecule has 0 saturated heterocycles. The number of ether oxygens (including phenoxy) is 1. The molecule has 1 rings (SSSR count). The number of rotatable bonds is 4. The van der Waals surface area contributed by atoms with Crippen molar-refractivity contribution in [3.8, 4) is 0 Å². The molecule has 1 fully saturated rings. The third-order valence-electron chi connectivity index (χ3n) is 1.76. The van der Waals surface area contributed by atoms with Gasteiger partial charge in [0.05, 0.1) is 18.2 Å². The van der Waals surface area contributed by atoms with Crippen LogP contribution in [0.25, 0.3) is 0 Å². The highest BCUT2D eigenvalue weighted by molar-refractivity contribution is 5.43. The third-order valence-corrected chi connectivity index (χ3v) is 1.76. The van der Waals surface area contributed by atoms with Gasteiger partial charge in [0.1, 0.15) is 0 Å². The second-order valence-electron chi connectivity index (χ2n) is 2.84. The van der Waals surface area contributed by atoms with Gasteiger partial charge in [-0.15, -0.1) is 0 Å². The molecular formula is C8H14N2O. The van der Waals surface area contributed by atoms with Crippen LogP contribution >= 0.6 is 0 Å². The molecule has 0 bridgehead atoms. The van der Waals surface area contributed by atoms with Crippen molar-refractivity contribution in [2.24, 2.45) is 9.98 Å². The van der Waals surface area contributed by atoms with E-state index in [0.717, 1.165) is 19.4 Å². The quantitative estimate of drug-likeness (QED) is 0.563. The summed E-state index contributed by atoms with van der Waals surface area (Å²) >= 11 is 0. The Morgan fingerprint density at radius 3 is 2.73 bits per heavy atom. The van der Waals surface area contributed by atoms with E-state index < -0.39 is 0 Å². The smallest absolute Gasteiger partial charge is 0.0951 e. The molecule has 1 saturated carbocycles. The summed E-state index contributed by atoms with van der Waals surface area (Å²) in [4.78, 5) is 8.11. The Hall–Kier alpha value is -0.660. The fourth-order valence-electron chi connectivity index (χ4n) is 0.914. The second kappa shape index (κ2) is 3.65. The molecule has 62 valence electrons. The van der Waals surface area contributed by atoms with Crippen molar-refractivity contribution in [1.82, 2.24) is 0 Å². The Kier molecular flexibility index (Phi) is 2.80. The number of aliphatic imine (C=N–C) groups is 2. The van der Waals surface area contributed by atoms with Crippen molar-refractivity contribution in [3.05, 3.63) is 0 Å². The molecular weight excluding hydrogens is 140 g/mol. The number of hydrogen-bond acceptors (Lipinski definition) is 3. The maximum atomic E-state index is 5.02. The molecule has 0 radical (unpaired) electrons. The van der Waals surface area contributed by atoms with Crippen molar-refractivity contribution in [2.45, 2.75) is 25.3 Å². The van der Waals surface area contributed by atoms with E-state index >= 15 is 0 Å². The molecule has 0 aromatic rings. The number of methoxy groups -OCH3 is 1. The normalized spacial score (nSPS) is 18.7. The predicted molar refractivity (Wildman–Crippen MR) is 44.2 cm³/mol. The van der Waals surface area contributed by atoms with E-state index in [1.54, 1.807) is 7.11 Å². The fraction of sp³-hybridized carbons (Fsp3) is 0.875. The lowest BCUT2D eigenvalue weighted by atomic mass is 10.3. The Morgan fingerprint density at radius 2 is 2.27 bits per heavy atom. The SMILES string of the molecule is CCN=C=NC1(COC)CC1. The second-order valence-corrected chi connectivity index (χ2v) is 2.84. The van der Waals surface area contributed by atoms with Gasteiger partial charge in [-0.1, -0.05) is 0 Å². The van der Waals surface area contributed by atoms with Gasteiger partial charge < -0.3 is 4.74 Å². The Morgan fingerprint density at radius 1 is 1.55 bits per heavy atom. The summed E-state index contributed by atoms with van der Waals surface area (Å²) in [6.45, 7) is 3.43. The zero-order valence-corrected chi connectivity index (χ0v) is 7.13. The zero-order valence-electron chi connectivity index (χ0n) is 7.13. The van der Waals surface area contributed by atoms with Gasteiger partial charge in [0.15, 0.2) is 0 Å². The monoisotopic (exact) mass is 154 g/mol. The molecule has 0 heterocycles. The molecule has 3 nitrogen and oxygen atoms in total. The summed E-state index contributed by atoms with van der Waals surface area (Å²) in [5, 5.41) is 0. The molecule has 0 unspecified atom stereocenters. The number of nitrogens with zero attached hydrogens (tertiary/aromatic N) is 2. The highest BCUT2D eigenvalue weighted by Crippen LogP contribution is 2.39. The highest BCUT2D eigenvalue weighted by atomic mass is 16.5. The van der Waals surface area contributed by atoms with E-state index in [0.29, 0.717) is 6.61 Å². The van der Waals surface area contributed by atoms with Gasteiger partial charge in [-0.25, -0.2) is 9.98 Å². The minimum atomic E-state index is 0.0490. The molecule has 0 aliphatic heterocycles. The van der Waals surface area contributed by atoms with Crippen LogP contribution in [0.4, 0.5) is 0 Å². The molecule has 1 aliphatic rings. The van der Waals surface area contributed by atoms with Crippen molar-refractivity contribution < 1.29 is 4.74 Å². The van der Waals surface area contributed by atoms with Gasteiger partial charge in [-0.3, -0.25) is 0 Å². The Labute approximate surface area is 67.2 Å². The molecule has 0 aromatic carbocycles. The van der Waals surface area contributed by atoms with E-state index in [1.165, 1.54) is 0 Å². The lowest BCUT2D eigenvalue weighted by molar-refractivity contribution is 0.174. The maximum Gasteiger partial charge on any atom is 0.0951 e. The molecule has 11 heavy (non-hydrogen) atoms. The minimum Gasteiger partial charge on any atom is -0.382 e. The molecule has 0 atom stereocenters. The third kappa shape index (κ3) is 2.45. The van der Waals surface area contributed by atoms with Crippen LogP contribution in [0.1, 0.15) is 19.8 Å². The van der Waals surface area contributed by atoms with Crippen molar-refractivity contribution in [1.29, 1.82) is 0 Å². The first-order valence-corrected chi connectivity index (χ1v) is 3.95. The summed E-state index contributed by atoms with van der Waals surface area (Å²) in [7, 11) is 1.70. The molecule has 0 N–H and O–H groups in total. The fourth-order valence-corrected chi connectivity index (χ4v) is 0.914. The number of hydrogen-bond donors (Lipinski definition) is 0. The largest absolute Gasteiger partial charge is 0.382 e. The molecule has 0 spiro atoms.